The van der Waals surface area contributed by atoms with Crippen molar-refractivity contribution >= 4 is 5.91 Å². The lowest BCUT2D eigenvalue weighted by atomic mass is 9.93. The van der Waals surface area contributed by atoms with Crippen LogP contribution >= 0.6 is 0 Å². The van der Waals surface area contributed by atoms with Crippen LogP contribution in [0.3, 0.4) is 0 Å². The van der Waals surface area contributed by atoms with Crippen molar-refractivity contribution in [3.05, 3.63) is 0 Å². The molecular formula is C14H30N2O2. The van der Waals surface area contributed by atoms with Crippen molar-refractivity contribution in [2.24, 2.45) is 11.7 Å². The van der Waals surface area contributed by atoms with Gasteiger partial charge >= 0.3 is 0 Å². The van der Waals surface area contributed by atoms with Crippen LogP contribution in [0.25, 0.3) is 0 Å². The number of hydrogen-bond acceptors (Lipinski definition) is 3. The van der Waals surface area contributed by atoms with Gasteiger partial charge in [-0.25, -0.2) is 0 Å². The summed E-state index contributed by atoms with van der Waals surface area (Å²) < 4.78 is 5.73. The molecule has 0 aliphatic heterocycles. The van der Waals surface area contributed by atoms with Crippen molar-refractivity contribution in [1.29, 1.82) is 0 Å². The molecule has 0 heterocycles. The Morgan fingerprint density at radius 1 is 1.39 bits per heavy atom. The van der Waals surface area contributed by atoms with Gasteiger partial charge in [0.05, 0.1) is 11.6 Å². The molecule has 4 nitrogen and oxygen atoms in total. The van der Waals surface area contributed by atoms with E-state index >= 15 is 0 Å². The van der Waals surface area contributed by atoms with E-state index in [4.69, 9.17) is 10.5 Å². The summed E-state index contributed by atoms with van der Waals surface area (Å²) in [6.45, 7) is 11.8. The minimum atomic E-state index is -0.673. The summed E-state index contributed by atoms with van der Waals surface area (Å²) in [7, 11) is 0. The van der Waals surface area contributed by atoms with Crippen LogP contribution in [0.1, 0.15) is 53.9 Å². The van der Waals surface area contributed by atoms with Crippen molar-refractivity contribution in [3.8, 4) is 0 Å². The maximum absolute atomic E-state index is 11.5. The van der Waals surface area contributed by atoms with Gasteiger partial charge in [0, 0.05) is 13.0 Å². The van der Waals surface area contributed by atoms with E-state index in [0.29, 0.717) is 12.3 Å². The minimum Gasteiger partial charge on any atom is -0.378 e. The normalized spacial score (nSPS) is 16.6. The van der Waals surface area contributed by atoms with Gasteiger partial charge in [-0.15, -0.1) is 0 Å². The number of hydrogen-bond donors (Lipinski definition) is 2. The average molecular weight is 258 g/mol. The Bertz CT molecular complexity index is 244. The summed E-state index contributed by atoms with van der Waals surface area (Å²) in [6.07, 6.45) is 2.66. The number of rotatable bonds is 10. The van der Waals surface area contributed by atoms with Gasteiger partial charge in [0.1, 0.15) is 0 Å². The molecule has 0 fully saturated rings. The summed E-state index contributed by atoms with van der Waals surface area (Å²) in [4.78, 5) is 11.5. The molecule has 0 aliphatic rings. The molecule has 0 aromatic carbocycles. The van der Waals surface area contributed by atoms with E-state index in [9.17, 15) is 4.79 Å². The number of ether oxygens (including phenoxy) is 1. The molecule has 0 saturated carbocycles. The fourth-order valence-corrected chi connectivity index (χ4v) is 1.80. The molecule has 1 amide bonds. The molecule has 18 heavy (non-hydrogen) atoms. The first kappa shape index (κ1) is 17.4. The first-order valence-electron chi connectivity index (χ1n) is 6.98. The minimum absolute atomic E-state index is 0.0330. The van der Waals surface area contributed by atoms with Gasteiger partial charge in [0.25, 0.3) is 0 Å². The Morgan fingerprint density at radius 3 is 2.44 bits per heavy atom. The summed E-state index contributed by atoms with van der Waals surface area (Å²) in [6, 6.07) is 0. The standard InChI is InChI=1S/C14H30N2O2/c1-6-8-16-14(5,13(15)17)10-12(4)18-9-7-11(2)3/h11-12,16H,6-10H2,1-5H3,(H2,15,17). The summed E-state index contributed by atoms with van der Waals surface area (Å²) >= 11 is 0. The van der Waals surface area contributed by atoms with Crippen LogP contribution in [0.4, 0.5) is 0 Å². The second kappa shape index (κ2) is 8.48. The smallest absolute Gasteiger partial charge is 0.237 e. The maximum atomic E-state index is 11.5. The second-order valence-electron chi connectivity index (χ2n) is 5.69. The number of nitrogens with one attached hydrogen (secondary N) is 1. The van der Waals surface area contributed by atoms with Gasteiger partial charge in [-0.3, -0.25) is 4.79 Å². The second-order valence-corrected chi connectivity index (χ2v) is 5.69. The summed E-state index contributed by atoms with van der Waals surface area (Å²) in [5.74, 6) is 0.327. The van der Waals surface area contributed by atoms with Crippen LogP contribution in [-0.2, 0) is 9.53 Å². The molecule has 3 N–H and O–H groups in total. The van der Waals surface area contributed by atoms with E-state index in [1.165, 1.54) is 0 Å². The number of carbonyl (C=O) groups is 1. The molecular weight excluding hydrogens is 228 g/mol. The van der Waals surface area contributed by atoms with Gasteiger partial charge in [-0.05, 0) is 39.2 Å². The molecule has 0 spiro atoms. The van der Waals surface area contributed by atoms with E-state index in [1.54, 1.807) is 0 Å². The molecule has 4 heteroatoms. The monoisotopic (exact) mass is 258 g/mol. The zero-order valence-corrected chi connectivity index (χ0v) is 12.6. The zero-order valence-electron chi connectivity index (χ0n) is 12.6. The predicted molar refractivity (Wildman–Crippen MR) is 75.4 cm³/mol. The SMILES string of the molecule is CCCNC(C)(CC(C)OCCC(C)C)C(N)=O. The van der Waals surface area contributed by atoms with E-state index in [0.717, 1.165) is 26.0 Å². The lowest BCUT2D eigenvalue weighted by Crippen LogP contribution is -2.55. The van der Waals surface area contributed by atoms with Crippen molar-refractivity contribution in [2.75, 3.05) is 13.2 Å². The first-order valence-corrected chi connectivity index (χ1v) is 6.98. The Hall–Kier alpha value is -0.610. The largest absolute Gasteiger partial charge is 0.378 e. The number of primary amides is 1. The fourth-order valence-electron chi connectivity index (χ4n) is 1.80. The van der Waals surface area contributed by atoms with E-state index in [-0.39, 0.29) is 12.0 Å². The molecule has 0 saturated heterocycles. The highest BCUT2D eigenvalue weighted by molar-refractivity contribution is 5.84. The van der Waals surface area contributed by atoms with Crippen molar-refractivity contribution in [1.82, 2.24) is 5.32 Å². The number of amides is 1. The Balaban J connectivity index is 4.18. The van der Waals surface area contributed by atoms with Gasteiger partial charge in [0.15, 0.2) is 0 Å². The average Bonchev–Trinajstić information content (AvgIpc) is 2.25. The fraction of sp³-hybridized carbons (Fsp3) is 0.929. The third kappa shape index (κ3) is 6.97. The van der Waals surface area contributed by atoms with Gasteiger partial charge < -0.3 is 15.8 Å². The lowest BCUT2D eigenvalue weighted by Gasteiger charge is -2.30. The molecule has 0 rings (SSSR count). The van der Waals surface area contributed by atoms with Crippen molar-refractivity contribution in [3.63, 3.8) is 0 Å². The van der Waals surface area contributed by atoms with Crippen molar-refractivity contribution in [2.45, 2.75) is 65.5 Å². The highest BCUT2D eigenvalue weighted by Crippen LogP contribution is 2.15. The zero-order chi connectivity index (χ0) is 14.2. The number of nitrogens with two attached hydrogens (primary N) is 1. The lowest BCUT2D eigenvalue weighted by molar-refractivity contribution is -0.125. The molecule has 108 valence electrons. The Kier molecular flexibility index (Phi) is 8.20. The topological polar surface area (TPSA) is 64.3 Å². The van der Waals surface area contributed by atoms with Crippen LogP contribution in [0.5, 0.6) is 0 Å². The van der Waals surface area contributed by atoms with Gasteiger partial charge in [-0.1, -0.05) is 20.8 Å². The first-order chi connectivity index (χ1) is 8.31. The van der Waals surface area contributed by atoms with E-state index < -0.39 is 5.54 Å². The third-order valence-corrected chi connectivity index (χ3v) is 3.10. The molecule has 0 aromatic rings. The molecule has 0 aromatic heterocycles. The molecule has 0 radical (unpaired) electrons. The van der Waals surface area contributed by atoms with Gasteiger partial charge in [-0.2, -0.15) is 0 Å². The van der Waals surface area contributed by atoms with Crippen LogP contribution in [0, 0.1) is 5.92 Å². The van der Waals surface area contributed by atoms with E-state index in [2.05, 4.69) is 26.1 Å². The molecule has 2 unspecified atom stereocenters. The highest BCUT2D eigenvalue weighted by Gasteiger charge is 2.32. The Labute approximate surface area is 112 Å². The molecule has 0 aliphatic carbocycles. The number of carbonyl (C=O) groups excluding carboxylic acids is 1. The summed E-state index contributed by atoms with van der Waals surface area (Å²) in [5, 5.41) is 3.22. The van der Waals surface area contributed by atoms with Crippen LogP contribution in [-0.4, -0.2) is 30.7 Å². The van der Waals surface area contributed by atoms with Crippen LogP contribution in [0.2, 0.25) is 0 Å². The van der Waals surface area contributed by atoms with Crippen LogP contribution in [0.15, 0.2) is 0 Å². The van der Waals surface area contributed by atoms with E-state index in [1.807, 2.05) is 13.8 Å². The Morgan fingerprint density at radius 2 is 2.00 bits per heavy atom. The van der Waals surface area contributed by atoms with Crippen molar-refractivity contribution < 1.29 is 9.53 Å². The third-order valence-electron chi connectivity index (χ3n) is 3.10. The summed E-state index contributed by atoms with van der Waals surface area (Å²) in [5.41, 5.74) is 4.81. The quantitative estimate of drug-likeness (QED) is 0.630. The highest BCUT2D eigenvalue weighted by atomic mass is 16.5. The predicted octanol–water partition coefficient (Wildman–Crippen LogP) is 2.07. The van der Waals surface area contributed by atoms with Crippen LogP contribution < -0.4 is 11.1 Å². The van der Waals surface area contributed by atoms with Gasteiger partial charge in [0.2, 0.25) is 5.91 Å². The molecule has 0 bridgehead atoms. The maximum Gasteiger partial charge on any atom is 0.237 e. The molecule has 2 atom stereocenters.